The van der Waals surface area contributed by atoms with Crippen LogP contribution in [0, 0.1) is 5.82 Å². The van der Waals surface area contributed by atoms with Gasteiger partial charge in [-0.3, -0.25) is 19.1 Å². The van der Waals surface area contributed by atoms with Crippen LogP contribution in [0.25, 0.3) is 11.2 Å². The number of benzene rings is 2. The molecule has 8 nitrogen and oxygen atoms in total. The summed E-state index contributed by atoms with van der Waals surface area (Å²) in [7, 11) is 1.70. The largest absolute Gasteiger partial charge is 0.486 e. The predicted octanol–water partition coefficient (Wildman–Crippen LogP) is 3.17. The zero-order chi connectivity index (χ0) is 23.5. The van der Waals surface area contributed by atoms with Gasteiger partial charge in [0.1, 0.15) is 24.0 Å². The van der Waals surface area contributed by atoms with Gasteiger partial charge in [0.25, 0.3) is 5.56 Å². The molecule has 2 aromatic heterocycles. The third-order valence-electron chi connectivity index (χ3n) is 5.43. The van der Waals surface area contributed by atoms with E-state index in [-0.39, 0.29) is 12.4 Å². The number of fused-ring (bicyclic) bond motifs is 1. The predicted molar refractivity (Wildman–Crippen MR) is 121 cm³/mol. The highest BCUT2D eigenvalue weighted by atomic mass is 19.1. The molecule has 0 fully saturated rings. The number of imidazole rings is 1. The first-order valence-electron chi connectivity index (χ1n) is 10.6. The molecular formula is C24H23FN4O4. The van der Waals surface area contributed by atoms with Crippen molar-refractivity contribution in [3.05, 3.63) is 92.1 Å². The van der Waals surface area contributed by atoms with Crippen LogP contribution in [0.2, 0.25) is 0 Å². The Hall–Kier alpha value is -4.01. The highest BCUT2D eigenvalue weighted by Crippen LogP contribution is 2.18. The molecule has 0 amide bonds. The van der Waals surface area contributed by atoms with Crippen LogP contribution in [0.4, 0.5) is 4.39 Å². The number of hydrogen-bond donors (Lipinski definition) is 1. The van der Waals surface area contributed by atoms with Crippen molar-refractivity contribution in [1.29, 1.82) is 0 Å². The second-order valence-electron chi connectivity index (χ2n) is 7.67. The Kier molecular flexibility index (Phi) is 6.21. The van der Waals surface area contributed by atoms with E-state index in [4.69, 9.17) is 4.74 Å². The van der Waals surface area contributed by atoms with Gasteiger partial charge in [-0.1, -0.05) is 13.3 Å². The average Bonchev–Trinajstić information content (AvgIpc) is 3.14. The molecule has 0 saturated heterocycles. The third kappa shape index (κ3) is 4.48. The van der Waals surface area contributed by atoms with E-state index < -0.39 is 17.1 Å². The van der Waals surface area contributed by atoms with Crippen molar-refractivity contribution >= 4 is 16.9 Å². The number of H-pyrrole nitrogens is 1. The van der Waals surface area contributed by atoms with Crippen molar-refractivity contribution in [3.63, 3.8) is 0 Å². The SMILES string of the molecule is CCCCn1c(=O)[nH]c(=O)c2c1nc(COc1ccc(C(=O)c3ccc(F)cc3)cc1)n2C. The van der Waals surface area contributed by atoms with E-state index in [1.165, 1.54) is 28.8 Å². The maximum atomic E-state index is 13.1. The Bertz CT molecular complexity index is 1420. The van der Waals surface area contributed by atoms with Crippen molar-refractivity contribution in [2.45, 2.75) is 32.9 Å². The van der Waals surface area contributed by atoms with Gasteiger partial charge in [-0.2, -0.15) is 0 Å². The zero-order valence-corrected chi connectivity index (χ0v) is 18.3. The standard InChI is InChI=1S/C24H23FN4O4/c1-3-4-13-29-22-20(23(31)27-24(29)32)28(2)19(26-22)14-33-18-11-7-16(8-12-18)21(30)15-5-9-17(25)10-6-15/h5-12H,3-4,13-14H2,1-2H3,(H,27,31,32). The summed E-state index contributed by atoms with van der Waals surface area (Å²) in [5.41, 5.74) is 0.510. The Morgan fingerprint density at radius 1 is 1.06 bits per heavy atom. The van der Waals surface area contributed by atoms with E-state index in [2.05, 4.69) is 9.97 Å². The van der Waals surface area contributed by atoms with Gasteiger partial charge in [0, 0.05) is 24.7 Å². The number of aromatic nitrogens is 4. The lowest BCUT2D eigenvalue weighted by atomic mass is 10.0. The molecule has 170 valence electrons. The molecular weight excluding hydrogens is 427 g/mol. The first-order chi connectivity index (χ1) is 15.9. The number of nitrogens with one attached hydrogen (secondary N) is 1. The maximum Gasteiger partial charge on any atom is 0.330 e. The molecule has 0 aliphatic carbocycles. The van der Waals surface area contributed by atoms with Gasteiger partial charge >= 0.3 is 5.69 Å². The fraction of sp³-hybridized carbons (Fsp3) is 0.250. The van der Waals surface area contributed by atoms with Crippen molar-refractivity contribution < 1.29 is 13.9 Å². The molecule has 9 heteroatoms. The Labute approximate surface area is 188 Å². The van der Waals surface area contributed by atoms with E-state index in [1.54, 1.807) is 35.9 Å². The molecule has 0 aliphatic heterocycles. The molecule has 0 bridgehead atoms. The van der Waals surface area contributed by atoms with Gasteiger partial charge in [0.05, 0.1) is 0 Å². The first-order valence-corrected chi connectivity index (χ1v) is 10.6. The number of ketones is 1. The zero-order valence-electron chi connectivity index (χ0n) is 18.3. The summed E-state index contributed by atoms with van der Waals surface area (Å²) in [6.45, 7) is 2.55. The number of halogens is 1. The summed E-state index contributed by atoms with van der Waals surface area (Å²) >= 11 is 0. The maximum absolute atomic E-state index is 13.1. The van der Waals surface area contributed by atoms with Gasteiger partial charge in [-0.05, 0) is 55.0 Å². The fourth-order valence-electron chi connectivity index (χ4n) is 3.56. The van der Waals surface area contributed by atoms with Crippen molar-refractivity contribution in [2.24, 2.45) is 7.05 Å². The number of hydrogen-bond acceptors (Lipinski definition) is 5. The Morgan fingerprint density at radius 3 is 2.33 bits per heavy atom. The number of rotatable bonds is 8. The summed E-state index contributed by atoms with van der Waals surface area (Å²) in [6, 6.07) is 11.9. The number of carbonyl (C=O) groups is 1. The third-order valence-corrected chi connectivity index (χ3v) is 5.43. The Morgan fingerprint density at radius 2 is 1.70 bits per heavy atom. The van der Waals surface area contributed by atoms with E-state index >= 15 is 0 Å². The number of aryl methyl sites for hydroxylation is 2. The lowest BCUT2D eigenvalue weighted by Gasteiger charge is -2.07. The topological polar surface area (TPSA) is 99.0 Å². The molecule has 0 unspecified atom stereocenters. The van der Waals surface area contributed by atoms with Crippen LogP contribution in [0.15, 0.2) is 58.1 Å². The second kappa shape index (κ2) is 9.23. The van der Waals surface area contributed by atoms with E-state index in [1.807, 2.05) is 6.92 Å². The van der Waals surface area contributed by atoms with Gasteiger partial charge in [-0.15, -0.1) is 0 Å². The quantitative estimate of drug-likeness (QED) is 0.416. The van der Waals surface area contributed by atoms with Crippen molar-refractivity contribution in [2.75, 3.05) is 0 Å². The van der Waals surface area contributed by atoms with E-state index in [0.717, 1.165) is 12.8 Å². The van der Waals surface area contributed by atoms with Crippen LogP contribution < -0.4 is 16.0 Å². The summed E-state index contributed by atoms with van der Waals surface area (Å²) in [5.74, 6) is 0.371. The molecule has 2 aromatic carbocycles. The molecule has 0 radical (unpaired) electrons. The monoisotopic (exact) mass is 450 g/mol. The molecule has 4 rings (SSSR count). The second-order valence-corrected chi connectivity index (χ2v) is 7.67. The van der Waals surface area contributed by atoms with Gasteiger partial charge in [-0.25, -0.2) is 14.2 Å². The van der Waals surface area contributed by atoms with Gasteiger partial charge in [0.15, 0.2) is 16.9 Å². The number of aromatic amines is 1. The molecule has 2 heterocycles. The van der Waals surface area contributed by atoms with Crippen LogP contribution in [0.3, 0.4) is 0 Å². The smallest absolute Gasteiger partial charge is 0.330 e. The molecule has 4 aromatic rings. The average molecular weight is 450 g/mol. The highest BCUT2D eigenvalue weighted by Gasteiger charge is 2.17. The molecule has 1 N–H and O–H groups in total. The molecule has 33 heavy (non-hydrogen) atoms. The minimum atomic E-state index is -0.493. The minimum absolute atomic E-state index is 0.0673. The lowest BCUT2D eigenvalue weighted by Crippen LogP contribution is -2.31. The molecule has 0 saturated carbocycles. The lowest BCUT2D eigenvalue weighted by molar-refractivity contribution is 0.103. The highest BCUT2D eigenvalue weighted by molar-refractivity contribution is 6.09. The number of unbranched alkanes of at least 4 members (excludes halogenated alkanes) is 1. The summed E-state index contributed by atoms with van der Waals surface area (Å²) in [4.78, 5) is 44.0. The molecule has 0 aliphatic rings. The normalized spacial score (nSPS) is 11.1. The van der Waals surface area contributed by atoms with Gasteiger partial charge < -0.3 is 9.30 Å². The van der Waals surface area contributed by atoms with Crippen molar-refractivity contribution in [1.82, 2.24) is 19.1 Å². The fourth-order valence-corrected chi connectivity index (χ4v) is 3.56. The number of nitrogens with zero attached hydrogens (tertiary/aromatic N) is 3. The van der Waals surface area contributed by atoms with Crippen molar-refractivity contribution in [3.8, 4) is 5.75 Å². The number of ether oxygens (including phenoxy) is 1. The number of carbonyl (C=O) groups excluding carboxylic acids is 1. The van der Waals surface area contributed by atoms with E-state index in [9.17, 15) is 18.8 Å². The van der Waals surface area contributed by atoms with Crippen LogP contribution in [-0.2, 0) is 20.2 Å². The first kappa shape index (κ1) is 22.2. The Balaban J connectivity index is 1.54. The summed E-state index contributed by atoms with van der Waals surface area (Å²) in [5, 5.41) is 0. The van der Waals surface area contributed by atoms with Crippen LogP contribution in [0.1, 0.15) is 41.5 Å². The van der Waals surface area contributed by atoms with Crippen LogP contribution in [0.5, 0.6) is 5.75 Å². The summed E-state index contributed by atoms with van der Waals surface area (Å²) in [6.07, 6.45) is 1.68. The molecule has 0 spiro atoms. The molecule has 0 atom stereocenters. The van der Waals surface area contributed by atoms with Gasteiger partial charge in [0.2, 0.25) is 0 Å². The van der Waals surface area contributed by atoms with Crippen LogP contribution >= 0.6 is 0 Å². The summed E-state index contributed by atoms with van der Waals surface area (Å²) < 4.78 is 22.0. The minimum Gasteiger partial charge on any atom is -0.486 e. The van der Waals surface area contributed by atoms with E-state index in [0.29, 0.717) is 40.4 Å². The van der Waals surface area contributed by atoms with Crippen LogP contribution in [-0.4, -0.2) is 24.9 Å².